The van der Waals surface area contributed by atoms with Crippen molar-refractivity contribution in [2.75, 3.05) is 14.2 Å². The third kappa shape index (κ3) is 5.25. The van der Waals surface area contributed by atoms with E-state index in [9.17, 15) is 19.8 Å². The van der Waals surface area contributed by atoms with Gasteiger partial charge in [0.2, 0.25) is 0 Å². The minimum absolute atomic E-state index is 0.0543. The second kappa shape index (κ2) is 9.63. The lowest BCUT2D eigenvalue weighted by molar-refractivity contribution is -0.148. The molecule has 1 aromatic rings. The van der Waals surface area contributed by atoms with E-state index in [-0.39, 0.29) is 22.3 Å². The lowest BCUT2D eigenvalue weighted by atomic mass is 9.89. The van der Waals surface area contributed by atoms with Crippen LogP contribution in [0.25, 0.3) is 0 Å². The van der Waals surface area contributed by atoms with E-state index in [2.05, 4.69) is 0 Å². The van der Waals surface area contributed by atoms with E-state index in [0.29, 0.717) is 0 Å². The Labute approximate surface area is 152 Å². The molecule has 0 aliphatic rings. The zero-order chi connectivity index (χ0) is 20.0. The molecule has 0 saturated heterocycles. The maximum atomic E-state index is 11.7. The Morgan fingerprint density at radius 3 is 1.31 bits per heavy atom. The van der Waals surface area contributed by atoms with Gasteiger partial charge in [-0.05, 0) is 39.8 Å². The van der Waals surface area contributed by atoms with Crippen molar-refractivity contribution in [3.05, 3.63) is 34.4 Å². The molecule has 0 bridgehead atoms. The van der Waals surface area contributed by atoms with Crippen LogP contribution in [0, 0.1) is 0 Å². The normalized spacial score (nSPS) is 15.9. The van der Waals surface area contributed by atoms with Gasteiger partial charge in [-0.15, -0.1) is 0 Å². The highest BCUT2D eigenvalue weighted by molar-refractivity contribution is 5.95. The lowest BCUT2D eigenvalue weighted by Gasteiger charge is -2.27. The molecule has 0 aromatic heterocycles. The first kappa shape index (κ1) is 22.0. The molecule has 0 aliphatic carbocycles. The van der Waals surface area contributed by atoms with Crippen LogP contribution in [0.5, 0.6) is 0 Å². The SMILES string of the molecule is COC(C)OC(C)c1c(C(=O)O)ccc(C(=O)O)c1C(C)OC(C)OC. The van der Waals surface area contributed by atoms with Crippen molar-refractivity contribution in [3.63, 3.8) is 0 Å². The fourth-order valence-electron chi connectivity index (χ4n) is 2.71. The molecule has 4 unspecified atom stereocenters. The first-order valence-corrected chi connectivity index (χ1v) is 8.13. The second-order valence-electron chi connectivity index (χ2n) is 5.76. The van der Waals surface area contributed by atoms with E-state index in [4.69, 9.17) is 18.9 Å². The maximum absolute atomic E-state index is 11.7. The smallest absolute Gasteiger partial charge is 0.336 e. The number of carboxylic acids is 2. The van der Waals surface area contributed by atoms with Gasteiger partial charge < -0.3 is 29.2 Å². The summed E-state index contributed by atoms with van der Waals surface area (Å²) in [6, 6.07) is 2.52. The zero-order valence-electron chi connectivity index (χ0n) is 15.8. The standard InChI is InChI=1S/C18H26O8/c1-9(25-11(3)23-5)15-13(17(19)20)7-8-14(18(21)22)16(15)10(2)26-12(4)24-6/h7-12H,1-6H3,(H,19,20)(H,21,22). The second-order valence-corrected chi connectivity index (χ2v) is 5.76. The summed E-state index contributed by atoms with van der Waals surface area (Å²) in [4.78, 5) is 23.4. The minimum atomic E-state index is -1.19. The van der Waals surface area contributed by atoms with Crippen LogP contribution in [0.3, 0.4) is 0 Å². The zero-order valence-corrected chi connectivity index (χ0v) is 15.8. The first-order chi connectivity index (χ1) is 12.1. The third-order valence-corrected chi connectivity index (χ3v) is 4.02. The van der Waals surface area contributed by atoms with Crippen LogP contribution in [0.1, 0.15) is 71.7 Å². The molecular weight excluding hydrogens is 344 g/mol. The van der Waals surface area contributed by atoms with Gasteiger partial charge in [-0.25, -0.2) is 9.59 Å². The average Bonchev–Trinajstić information content (AvgIpc) is 2.59. The van der Waals surface area contributed by atoms with Crippen LogP contribution in [-0.4, -0.2) is 49.0 Å². The third-order valence-electron chi connectivity index (χ3n) is 4.02. The molecule has 26 heavy (non-hydrogen) atoms. The predicted octanol–water partition coefficient (Wildman–Crippen LogP) is 3.22. The molecule has 0 amide bonds. The highest BCUT2D eigenvalue weighted by Gasteiger charge is 2.29. The molecule has 0 spiro atoms. The van der Waals surface area contributed by atoms with Crippen molar-refractivity contribution in [3.8, 4) is 0 Å². The molecule has 0 aliphatic heterocycles. The number of rotatable bonds is 10. The van der Waals surface area contributed by atoms with Gasteiger partial charge in [0, 0.05) is 25.3 Å². The largest absolute Gasteiger partial charge is 0.478 e. The van der Waals surface area contributed by atoms with E-state index >= 15 is 0 Å². The molecule has 1 rings (SSSR count). The monoisotopic (exact) mass is 370 g/mol. The van der Waals surface area contributed by atoms with Gasteiger partial charge in [0.25, 0.3) is 0 Å². The molecule has 2 N–H and O–H groups in total. The molecule has 0 radical (unpaired) electrons. The van der Waals surface area contributed by atoms with Crippen molar-refractivity contribution < 1.29 is 38.7 Å². The lowest BCUT2D eigenvalue weighted by Crippen LogP contribution is -2.22. The van der Waals surface area contributed by atoms with Gasteiger partial charge in [0.05, 0.1) is 23.3 Å². The summed E-state index contributed by atoms with van der Waals surface area (Å²) < 4.78 is 21.5. The van der Waals surface area contributed by atoms with E-state index in [0.717, 1.165) is 0 Å². The van der Waals surface area contributed by atoms with Crippen molar-refractivity contribution in [2.45, 2.75) is 52.5 Å². The molecule has 4 atom stereocenters. The number of benzene rings is 1. The fraction of sp³-hybridized carbons (Fsp3) is 0.556. The Balaban J connectivity index is 3.60. The summed E-state index contributed by atoms with van der Waals surface area (Å²) in [5.74, 6) is -2.38. The number of hydrogen-bond donors (Lipinski definition) is 2. The van der Waals surface area contributed by atoms with Gasteiger partial charge in [-0.3, -0.25) is 0 Å². The van der Waals surface area contributed by atoms with Gasteiger partial charge >= 0.3 is 11.9 Å². The number of ether oxygens (including phenoxy) is 4. The van der Waals surface area contributed by atoms with Crippen molar-refractivity contribution in [1.29, 1.82) is 0 Å². The van der Waals surface area contributed by atoms with Crippen LogP contribution in [0.4, 0.5) is 0 Å². The van der Waals surface area contributed by atoms with Crippen LogP contribution in [0.15, 0.2) is 12.1 Å². The Bertz CT molecular complexity index is 587. The summed E-state index contributed by atoms with van der Waals surface area (Å²) in [5, 5.41) is 19.1. The molecule has 8 nitrogen and oxygen atoms in total. The number of hydrogen-bond acceptors (Lipinski definition) is 6. The fourth-order valence-corrected chi connectivity index (χ4v) is 2.71. The van der Waals surface area contributed by atoms with Crippen LogP contribution < -0.4 is 0 Å². The molecule has 0 heterocycles. The average molecular weight is 370 g/mol. The highest BCUT2D eigenvalue weighted by atomic mass is 16.7. The molecule has 146 valence electrons. The number of carboxylic acid groups (broad SMARTS) is 2. The Morgan fingerprint density at radius 1 is 0.769 bits per heavy atom. The quantitative estimate of drug-likeness (QED) is 0.604. The van der Waals surface area contributed by atoms with Crippen LogP contribution in [-0.2, 0) is 18.9 Å². The highest BCUT2D eigenvalue weighted by Crippen LogP contribution is 2.35. The van der Waals surface area contributed by atoms with E-state index in [1.807, 2.05) is 0 Å². The molecule has 0 fully saturated rings. The summed E-state index contributed by atoms with van der Waals surface area (Å²) >= 11 is 0. The summed E-state index contributed by atoms with van der Waals surface area (Å²) in [6.45, 7) is 6.59. The topological polar surface area (TPSA) is 112 Å². The van der Waals surface area contributed by atoms with E-state index < -0.39 is 36.7 Å². The number of carbonyl (C=O) groups is 2. The van der Waals surface area contributed by atoms with Gasteiger partial charge in [-0.1, -0.05) is 0 Å². The van der Waals surface area contributed by atoms with Gasteiger partial charge in [-0.2, -0.15) is 0 Å². The summed E-state index contributed by atoms with van der Waals surface area (Å²) in [7, 11) is 2.91. The summed E-state index contributed by atoms with van der Waals surface area (Å²) in [6.07, 6.45) is -2.70. The number of methoxy groups -OCH3 is 2. The minimum Gasteiger partial charge on any atom is -0.478 e. The van der Waals surface area contributed by atoms with Crippen LogP contribution >= 0.6 is 0 Å². The molecule has 8 heteroatoms. The van der Waals surface area contributed by atoms with E-state index in [1.165, 1.54) is 26.4 Å². The predicted molar refractivity (Wildman–Crippen MR) is 92.3 cm³/mol. The molecular formula is C18H26O8. The van der Waals surface area contributed by atoms with E-state index in [1.54, 1.807) is 27.7 Å². The van der Waals surface area contributed by atoms with Crippen molar-refractivity contribution >= 4 is 11.9 Å². The Hall–Kier alpha value is -2.00. The van der Waals surface area contributed by atoms with Gasteiger partial charge in [0.15, 0.2) is 12.6 Å². The molecule has 1 aromatic carbocycles. The maximum Gasteiger partial charge on any atom is 0.336 e. The Morgan fingerprint density at radius 2 is 1.08 bits per heavy atom. The van der Waals surface area contributed by atoms with Crippen molar-refractivity contribution in [2.24, 2.45) is 0 Å². The van der Waals surface area contributed by atoms with Crippen LogP contribution in [0.2, 0.25) is 0 Å². The number of aromatic carboxylic acids is 2. The Kier molecular flexibility index (Phi) is 8.16. The van der Waals surface area contributed by atoms with Crippen molar-refractivity contribution in [1.82, 2.24) is 0 Å². The molecule has 0 saturated carbocycles. The summed E-state index contributed by atoms with van der Waals surface area (Å²) in [5.41, 5.74) is 0.358. The van der Waals surface area contributed by atoms with Gasteiger partial charge in [0.1, 0.15) is 0 Å². The first-order valence-electron chi connectivity index (χ1n) is 8.13.